The lowest BCUT2D eigenvalue weighted by atomic mass is 9.76. The second-order valence-electron chi connectivity index (χ2n) is 14.5. The molecule has 0 bridgehead atoms. The predicted molar refractivity (Wildman–Crippen MR) is 181 cm³/mol. The first-order chi connectivity index (χ1) is 22.6. The smallest absolute Gasteiger partial charge is 0.410 e. The summed E-state index contributed by atoms with van der Waals surface area (Å²) in [5, 5.41) is 0. The van der Waals surface area contributed by atoms with Crippen molar-refractivity contribution in [1.82, 2.24) is 9.80 Å². The van der Waals surface area contributed by atoms with E-state index in [0.717, 1.165) is 37.1 Å². The van der Waals surface area contributed by atoms with Crippen LogP contribution >= 0.6 is 0 Å². The Morgan fingerprint density at radius 1 is 0.750 bits per heavy atom. The van der Waals surface area contributed by atoms with E-state index in [4.69, 9.17) is 23.8 Å². The molecule has 2 aliphatic rings. The van der Waals surface area contributed by atoms with Crippen molar-refractivity contribution in [2.45, 2.75) is 93.5 Å². The molecule has 4 rings (SSSR count). The largest absolute Gasteiger partial charge is 0.460 e. The lowest BCUT2D eigenvalue weighted by molar-refractivity contribution is -0.191. The number of amides is 2. The third-order valence-corrected chi connectivity index (χ3v) is 9.00. The number of ether oxygens (including phenoxy) is 3. The van der Waals surface area contributed by atoms with Crippen LogP contribution in [0.25, 0.3) is 0 Å². The Morgan fingerprint density at radius 2 is 1.17 bits per heavy atom. The number of benzene rings is 2. The molecule has 3 atom stereocenters. The molecule has 48 heavy (non-hydrogen) atoms. The number of hydrogen-bond acceptors (Lipinski definition) is 8. The quantitative estimate of drug-likeness (QED) is 0.210. The van der Waals surface area contributed by atoms with Crippen LogP contribution in [0, 0.1) is 22.7 Å². The monoisotopic (exact) mass is 666 g/mol. The van der Waals surface area contributed by atoms with Gasteiger partial charge in [-0.25, -0.2) is 9.59 Å². The van der Waals surface area contributed by atoms with Crippen molar-refractivity contribution in [2.24, 2.45) is 22.7 Å². The fraction of sp³-hybridized carbons (Fsp3) is 0.579. The lowest BCUT2D eigenvalue weighted by Crippen LogP contribution is -2.35. The summed E-state index contributed by atoms with van der Waals surface area (Å²) in [6.45, 7) is 19.8. The number of esters is 1. The molecule has 0 spiro atoms. The third-order valence-electron chi connectivity index (χ3n) is 9.00. The van der Waals surface area contributed by atoms with Crippen LogP contribution in [0.3, 0.4) is 0 Å². The van der Waals surface area contributed by atoms with Crippen molar-refractivity contribution >= 4 is 24.3 Å². The average molecular weight is 667 g/mol. The molecule has 0 N–H and O–H groups in total. The maximum absolute atomic E-state index is 12.5. The van der Waals surface area contributed by atoms with Crippen LogP contribution in [0.5, 0.6) is 0 Å². The van der Waals surface area contributed by atoms with Gasteiger partial charge < -0.3 is 24.0 Å². The average Bonchev–Trinajstić information content (AvgIpc) is 3.53. The molecule has 10 heteroatoms. The van der Waals surface area contributed by atoms with Gasteiger partial charge in [0.25, 0.3) is 0 Å². The summed E-state index contributed by atoms with van der Waals surface area (Å²) < 4.78 is 16.3. The molecule has 2 heterocycles. The molecular formula is C38H54N2O8. The minimum atomic E-state index is -0.498. The van der Waals surface area contributed by atoms with Gasteiger partial charge >= 0.3 is 24.3 Å². The number of nitrogens with zero attached hydrogens (tertiary/aromatic N) is 2. The second kappa shape index (κ2) is 18.4. The molecule has 2 fully saturated rings. The number of carbonyl (C=O) groups excluding carboxylic acids is 5. The minimum Gasteiger partial charge on any atom is -0.460 e. The Kier molecular flexibility index (Phi) is 15.3. The van der Waals surface area contributed by atoms with Crippen molar-refractivity contribution in [1.29, 1.82) is 0 Å². The molecule has 0 aliphatic carbocycles. The first-order valence-electron chi connectivity index (χ1n) is 16.7. The van der Waals surface area contributed by atoms with Crippen molar-refractivity contribution in [2.75, 3.05) is 26.2 Å². The number of likely N-dealkylation sites (tertiary alicyclic amines) is 2. The van der Waals surface area contributed by atoms with E-state index >= 15 is 0 Å². The van der Waals surface area contributed by atoms with Crippen LogP contribution in [0.2, 0.25) is 0 Å². The molecule has 10 nitrogen and oxygen atoms in total. The normalized spacial score (nSPS) is 21.1. The SMILES string of the molecule is CC[C@@H]1CN(C(=O)OCc2ccccc2)CC1(C)C.CC[C@@H]1CN(C(=O)OCc2ccccc2)C[C@@]1(C)CC(=O)OC(C)(C)C.O=C=O. The molecule has 0 unspecified atom stereocenters. The summed E-state index contributed by atoms with van der Waals surface area (Å²) in [5.41, 5.74) is 1.40. The molecule has 0 aromatic heterocycles. The van der Waals surface area contributed by atoms with Crippen LogP contribution in [0.1, 0.15) is 85.8 Å². The van der Waals surface area contributed by atoms with Gasteiger partial charge in [-0.1, -0.05) is 108 Å². The Labute approximate surface area is 286 Å². The van der Waals surface area contributed by atoms with Gasteiger partial charge in [0.05, 0.1) is 6.42 Å². The van der Waals surface area contributed by atoms with Crippen LogP contribution in [0.15, 0.2) is 60.7 Å². The van der Waals surface area contributed by atoms with Crippen LogP contribution in [0.4, 0.5) is 9.59 Å². The zero-order valence-electron chi connectivity index (χ0n) is 30.0. The second-order valence-corrected chi connectivity index (χ2v) is 14.5. The van der Waals surface area contributed by atoms with E-state index in [2.05, 4.69) is 34.6 Å². The highest BCUT2D eigenvalue weighted by atomic mass is 16.6. The molecular weight excluding hydrogens is 612 g/mol. The number of hydrogen-bond donors (Lipinski definition) is 0. The summed E-state index contributed by atoms with van der Waals surface area (Å²) >= 11 is 0. The highest BCUT2D eigenvalue weighted by Crippen LogP contribution is 2.41. The molecule has 2 amide bonds. The molecule has 2 aromatic rings. The van der Waals surface area contributed by atoms with Gasteiger partial charge in [0.2, 0.25) is 0 Å². The highest BCUT2D eigenvalue weighted by molar-refractivity contribution is 5.72. The zero-order valence-corrected chi connectivity index (χ0v) is 30.0. The van der Waals surface area contributed by atoms with Crippen molar-refractivity contribution in [3.05, 3.63) is 71.8 Å². The van der Waals surface area contributed by atoms with Gasteiger partial charge in [-0.3, -0.25) is 4.79 Å². The fourth-order valence-corrected chi connectivity index (χ4v) is 6.43. The van der Waals surface area contributed by atoms with Gasteiger partial charge in [0.1, 0.15) is 18.8 Å². The standard InChI is InChI=1S/C21H31NO4.C16H23NO2.CO2/c1-6-17-13-22(19(24)25-14-16-10-8-7-9-11-16)15-21(17,5)12-18(23)26-20(2,3)4;1-4-14-10-17(12-16(14,2)3)15(18)19-11-13-8-6-5-7-9-13;2-1-3/h7-11,17H,6,12-15H2,1-5H3;5-9,14H,4,10-12H2,1-3H3;/t17-,21-;14-;/m11./s1. The molecule has 2 aliphatic heterocycles. The third kappa shape index (κ3) is 12.8. The van der Waals surface area contributed by atoms with E-state index in [1.54, 1.807) is 4.90 Å². The Hall–Kier alpha value is -4.17. The van der Waals surface area contributed by atoms with Gasteiger partial charge in [-0.15, -0.1) is 0 Å². The maximum Gasteiger partial charge on any atom is 0.410 e. The van der Waals surface area contributed by atoms with E-state index in [1.807, 2.05) is 86.3 Å². The Morgan fingerprint density at radius 3 is 1.56 bits per heavy atom. The molecule has 0 saturated carbocycles. The summed E-state index contributed by atoms with van der Waals surface area (Å²) in [6, 6.07) is 19.4. The van der Waals surface area contributed by atoms with Crippen molar-refractivity contribution in [3.63, 3.8) is 0 Å². The van der Waals surface area contributed by atoms with E-state index < -0.39 is 5.60 Å². The van der Waals surface area contributed by atoms with E-state index in [-0.39, 0.29) is 47.7 Å². The summed E-state index contributed by atoms with van der Waals surface area (Å²) in [5.74, 6) is 0.606. The van der Waals surface area contributed by atoms with E-state index in [9.17, 15) is 14.4 Å². The number of carbonyl (C=O) groups is 3. The summed E-state index contributed by atoms with van der Waals surface area (Å²) in [4.78, 5) is 56.7. The van der Waals surface area contributed by atoms with Crippen molar-refractivity contribution < 1.29 is 38.2 Å². The Balaban J connectivity index is 0.000000320. The highest BCUT2D eigenvalue weighted by Gasteiger charge is 2.46. The molecule has 0 radical (unpaired) electrons. The minimum absolute atomic E-state index is 0.187. The molecule has 2 aromatic carbocycles. The van der Waals surface area contributed by atoms with E-state index in [1.165, 1.54) is 0 Å². The first kappa shape index (κ1) is 40.0. The van der Waals surface area contributed by atoms with Crippen LogP contribution in [-0.4, -0.2) is 65.9 Å². The van der Waals surface area contributed by atoms with Gasteiger partial charge in [-0.05, 0) is 49.1 Å². The van der Waals surface area contributed by atoms with E-state index in [0.29, 0.717) is 32.0 Å². The Bertz CT molecular complexity index is 1340. The van der Waals surface area contributed by atoms with Gasteiger partial charge in [-0.2, -0.15) is 9.59 Å². The summed E-state index contributed by atoms with van der Waals surface area (Å²) in [6.07, 6.45) is 2.07. The van der Waals surface area contributed by atoms with Gasteiger partial charge in [0, 0.05) is 31.6 Å². The van der Waals surface area contributed by atoms with Crippen LogP contribution < -0.4 is 0 Å². The zero-order chi connectivity index (χ0) is 36.0. The topological polar surface area (TPSA) is 120 Å². The van der Waals surface area contributed by atoms with Crippen LogP contribution in [-0.2, 0) is 41.8 Å². The summed E-state index contributed by atoms with van der Waals surface area (Å²) in [7, 11) is 0. The lowest BCUT2D eigenvalue weighted by Gasteiger charge is -2.30. The first-order valence-corrected chi connectivity index (χ1v) is 16.7. The molecule has 264 valence electrons. The number of rotatable bonds is 8. The molecule has 2 saturated heterocycles. The van der Waals surface area contributed by atoms with Gasteiger partial charge in [0.15, 0.2) is 0 Å². The predicted octanol–water partition coefficient (Wildman–Crippen LogP) is 7.51. The van der Waals surface area contributed by atoms with Crippen molar-refractivity contribution in [3.8, 4) is 0 Å². The fourth-order valence-electron chi connectivity index (χ4n) is 6.43. The maximum atomic E-state index is 12.5.